The number of amides is 1. The summed E-state index contributed by atoms with van der Waals surface area (Å²) < 4.78 is 3.67. The van der Waals surface area contributed by atoms with Gasteiger partial charge in [0, 0.05) is 30.8 Å². The minimum atomic E-state index is -0.111. The number of imidazole rings is 1. The van der Waals surface area contributed by atoms with E-state index in [2.05, 4.69) is 21.5 Å². The van der Waals surface area contributed by atoms with E-state index in [0.29, 0.717) is 5.56 Å². The van der Waals surface area contributed by atoms with Gasteiger partial charge >= 0.3 is 0 Å². The van der Waals surface area contributed by atoms with Crippen molar-refractivity contribution in [2.75, 3.05) is 0 Å². The van der Waals surface area contributed by atoms with Crippen LogP contribution >= 0.6 is 0 Å². The predicted molar refractivity (Wildman–Crippen MR) is 92.1 cm³/mol. The fourth-order valence-corrected chi connectivity index (χ4v) is 2.82. The van der Waals surface area contributed by atoms with Crippen molar-refractivity contribution in [1.82, 2.24) is 24.6 Å². The van der Waals surface area contributed by atoms with Crippen LogP contribution in [-0.4, -0.2) is 25.2 Å². The van der Waals surface area contributed by atoms with Crippen molar-refractivity contribution in [2.24, 2.45) is 7.05 Å². The van der Waals surface area contributed by atoms with Crippen molar-refractivity contribution in [3.05, 3.63) is 65.5 Å². The fourth-order valence-electron chi connectivity index (χ4n) is 2.82. The van der Waals surface area contributed by atoms with Crippen LogP contribution in [0.5, 0.6) is 0 Å². The maximum Gasteiger partial charge on any atom is 0.255 e. The minimum absolute atomic E-state index is 0.0985. The van der Waals surface area contributed by atoms with E-state index in [4.69, 9.17) is 0 Å². The highest BCUT2D eigenvalue weighted by atomic mass is 16.1. The molecule has 0 radical (unpaired) electrons. The summed E-state index contributed by atoms with van der Waals surface area (Å²) in [5, 5.41) is 7.37. The Morgan fingerprint density at radius 2 is 2.08 bits per heavy atom. The molecule has 24 heavy (non-hydrogen) atoms. The maximum absolute atomic E-state index is 12.6. The lowest BCUT2D eigenvalue weighted by molar-refractivity contribution is 0.0938. The molecule has 124 valence electrons. The average molecular weight is 323 g/mol. The van der Waals surface area contributed by atoms with Gasteiger partial charge in [0.1, 0.15) is 0 Å². The Labute approximate surface area is 141 Å². The summed E-state index contributed by atoms with van der Waals surface area (Å²) in [6.45, 7) is 5.73. The minimum Gasteiger partial charge on any atom is -0.345 e. The van der Waals surface area contributed by atoms with Gasteiger partial charge in [-0.15, -0.1) is 0 Å². The van der Waals surface area contributed by atoms with Crippen LogP contribution in [0.3, 0.4) is 0 Å². The molecule has 0 aliphatic rings. The highest BCUT2D eigenvalue weighted by Gasteiger charge is 2.19. The third kappa shape index (κ3) is 2.95. The number of carbonyl (C=O) groups is 1. The third-order valence-corrected chi connectivity index (χ3v) is 4.26. The summed E-state index contributed by atoms with van der Waals surface area (Å²) in [6, 6.07) is 7.94. The number of benzene rings is 1. The summed E-state index contributed by atoms with van der Waals surface area (Å²) in [5.74, 6) is -0.0985. The maximum atomic E-state index is 12.6. The molecule has 1 atom stereocenters. The number of hydrogen-bond acceptors (Lipinski definition) is 3. The first kappa shape index (κ1) is 16.0. The van der Waals surface area contributed by atoms with Gasteiger partial charge in [-0.1, -0.05) is 12.1 Å². The first-order valence-electron chi connectivity index (χ1n) is 7.86. The van der Waals surface area contributed by atoms with Crippen molar-refractivity contribution >= 4 is 5.91 Å². The molecule has 3 aromatic rings. The average Bonchev–Trinajstić information content (AvgIpc) is 3.16. The second-order valence-corrected chi connectivity index (χ2v) is 5.93. The summed E-state index contributed by atoms with van der Waals surface area (Å²) in [7, 11) is 1.84. The molecule has 1 aromatic carbocycles. The molecule has 0 fully saturated rings. The van der Waals surface area contributed by atoms with Crippen LogP contribution in [0.4, 0.5) is 0 Å². The number of aromatic nitrogens is 4. The number of carbonyl (C=O) groups excluding carboxylic acids is 1. The van der Waals surface area contributed by atoms with Crippen LogP contribution in [0, 0.1) is 13.8 Å². The number of hydrogen-bond donors (Lipinski definition) is 1. The highest BCUT2D eigenvalue weighted by molar-refractivity contribution is 5.96. The quantitative estimate of drug-likeness (QED) is 0.803. The second-order valence-electron chi connectivity index (χ2n) is 5.93. The molecule has 0 aliphatic carbocycles. The van der Waals surface area contributed by atoms with Crippen LogP contribution in [0.15, 0.2) is 43.0 Å². The first-order chi connectivity index (χ1) is 11.5. The monoisotopic (exact) mass is 323 g/mol. The van der Waals surface area contributed by atoms with Gasteiger partial charge in [-0.25, -0.2) is 4.98 Å². The molecule has 0 saturated heterocycles. The van der Waals surface area contributed by atoms with Gasteiger partial charge in [0.25, 0.3) is 5.91 Å². The third-order valence-electron chi connectivity index (χ3n) is 4.26. The molecule has 1 unspecified atom stereocenters. The fraction of sp³-hybridized carbons (Fsp3) is 0.278. The van der Waals surface area contributed by atoms with Gasteiger partial charge in [-0.05, 0) is 38.5 Å². The zero-order valence-electron chi connectivity index (χ0n) is 14.3. The molecule has 6 nitrogen and oxygen atoms in total. The van der Waals surface area contributed by atoms with Crippen LogP contribution < -0.4 is 5.32 Å². The molecule has 3 rings (SSSR count). The predicted octanol–water partition coefficient (Wildman–Crippen LogP) is 2.71. The van der Waals surface area contributed by atoms with Crippen molar-refractivity contribution in [3.63, 3.8) is 0 Å². The van der Waals surface area contributed by atoms with Gasteiger partial charge in [-0.2, -0.15) is 5.10 Å². The second kappa shape index (κ2) is 6.31. The van der Waals surface area contributed by atoms with Gasteiger partial charge in [0.05, 0.1) is 23.6 Å². The number of nitrogens with one attached hydrogen (secondary N) is 1. The summed E-state index contributed by atoms with van der Waals surface area (Å²) in [6.07, 6.45) is 5.39. The Hall–Kier alpha value is -2.89. The van der Waals surface area contributed by atoms with Crippen molar-refractivity contribution in [2.45, 2.75) is 26.8 Å². The van der Waals surface area contributed by atoms with E-state index in [1.165, 1.54) is 0 Å². The molecule has 1 N–H and O–H groups in total. The molecule has 1 amide bonds. The zero-order chi connectivity index (χ0) is 17.3. The standard InChI is InChI=1S/C18H21N5O/c1-12(20-18(24)17-13(2)21-22(4)14(17)3)15-6-5-7-16(10-15)23-9-8-19-11-23/h5-12H,1-4H3,(H,20,24). The number of aryl methyl sites for hydroxylation is 2. The summed E-state index contributed by atoms with van der Waals surface area (Å²) in [5.41, 5.74) is 4.31. The summed E-state index contributed by atoms with van der Waals surface area (Å²) >= 11 is 0. The Morgan fingerprint density at radius 1 is 1.29 bits per heavy atom. The molecule has 0 spiro atoms. The van der Waals surface area contributed by atoms with Gasteiger partial charge in [0.15, 0.2) is 0 Å². The number of nitrogens with zero attached hydrogens (tertiary/aromatic N) is 4. The highest BCUT2D eigenvalue weighted by Crippen LogP contribution is 2.19. The van der Waals surface area contributed by atoms with Crippen molar-refractivity contribution in [1.29, 1.82) is 0 Å². The van der Waals surface area contributed by atoms with Gasteiger partial charge in [-0.3, -0.25) is 9.48 Å². The zero-order valence-corrected chi connectivity index (χ0v) is 14.3. The van der Waals surface area contributed by atoms with E-state index >= 15 is 0 Å². The molecular weight excluding hydrogens is 302 g/mol. The molecule has 0 aliphatic heterocycles. The summed E-state index contributed by atoms with van der Waals surface area (Å²) in [4.78, 5) is 16.7. The lowest BCUT2D eigenvalue weighted by atomic mass is 10.1. The van der Waals surface area contributed by atoms with E-state index in [0.717, 1.165) is 22.6 Å². The lowest BCUT2D eigenvalue weighted by Crippen LogP contribution is -2.27. The Balaban J connectivity index is 1.81. The molecule has 2 heterocycles. The Morgan fingerprint density at radius 3 is 2.71 bits per heavy atom. The Kier molecular flexibility index (Phi) is 4.20. The van der Waals surface area contributed by atoms with E-state index < -0.39 is 0 Å². The van der Waals surface area contributed by atoms with Crippen LogP contribution in [0.1, 0.15) is 40.3 Å². The van der Waals surface area contributed by atoms with Crippen molar-refractivity contribution < 1.29 is 4.79 Å². The van der Waals surface area contributed by atoms with Crippen LogP contribution in [0.2, 0.25) is 0 Å². The molecule has 2 aromatic heterocycles. The smallest absolute Gasteiger partial charge is 0.255 e. The van der Waals surface area contributed by atoms with Crippen LogP contribution in [-0.2, 0) is 7.05 Å². The van der Waals surface area contributed by atoms with Gasteiger partial charge < -0.3 is 9.88 Å². The molecule has 0 bridgehead atoms. The molecule has 0 saturated carbocycles. The van der Waals surface area contributed by atoms with E-state index in [9.17, 15) is 4.79 Å². The Bertz CT molecular complexity index is 864. The SMILES string of the molecule is Cc1nn(C)c(C)c1C(=O)NC(C)c1cccc(-n2ccnc2)c1. The topological polar surface area (TPSA) is 64.7 Å². The van der Waals surface area contributed by atoms with Crippen LogP contribution in [0.25, 0.3) is 5.69 Å². The largest absolute Gasteiger partial charge is 0.345 e. The normalized spacial score (nSPS) is 12.2. The molecule has 6 heteroatoms. The van der Waals surface area contributed by atoms with E-state index in [1.54, 1.807) is 17.2 Å². The van der Waals surface area contributed by atoms with E-state index in [-0.39, 0.29) is 11.9 Å². The van der Waals surface area contributed by atoms with Crippen molar-refractivity contribution in [3.8, 4) is 5.69 Å². The first-order valence-corrected chi connectivity index (χ1v) is 7.86. The van der Waals surface area contributed by atoms with E-state index in [1.807, 2.05) is 56.8 Å². The van der Waals surface area contributed by atoms with Gasteiger partial charge in [0.2, 0.25) is 0 Å². The molecular formula is C18H21N5O. The number of rotatable bonds is 4. The lowest BCUT2D eigenvalue weighted by Gasteiger charge is -2.16.